The Hall–Kier alpha value is -2.74. The summed E-state index contributed by atoms with van der Waals surface area (Å²) in [5.41, 5.74) is 1.54. The molecule has 0 aliphatic rings. The van der Waals surface area contributed by atoms with Gasteiger partial charge in [0.15, 0.2) is 6.61 Å². The van der Waals surface area contributed by atoms with Crippen molar-refractivity contribution >= 4 is 34.8 Å². The van der Waals surface area contributed by atoms with Crippen molar-refractivity contribution in [2.24, 2.45) is 0 Å². The van der Waals surface area contributed by atoms with E-state index in [1.165, 1.54) is 40.5 Å². The molecule has 0 radical (unpaired) electrons. The highest BCUT2D eigenvalue weighted by molar-refractivity contribution is 7.14. The number of thiophene rings is 1. The van der Waals surface area contributed by atoms with E-state index in [9.17, 15) is 18.8 Å². The quantitative estimate of drug-likeness (QED) is 0.626. The summed E-state index contributed by atoms with van der Waals surface area (Å²) >= 11 is 1.39. The van der Waals surface area contributed by atoms with Gasteiger partial charge in [-0.2, -0.15) is 0 Å². The van der Waals surface area contributed by atoms with Gasteiger partial charge >= 0.3 is 5.97 Å². The van der Waals surface area contributed by atoms with Gasteiger partial charge in [-0.25, -0.2) is 9.18 Å². The second-order valence-corrected chi connectivity index (χ2v) is 7.21. The summed E-state index contributed by atoms with van der Waals surface area (Å²) in [5.74, 6) is -2.01. The number of ether oxygens (including phenoxy) is 1. The van der Waals surface area contributed by atoms with Crippen molar-refractivity contribution in [2.75, 3.05) is 18.5 Å². The Morgan fingerprint density at radius 3 is 2.46 bits per heavy atom. The van der Waals surface area contributed by atoms with Gasteiger partial charge in [0.2, 0.25) is 5.91 Å². The Labute approximate surface area is 167 Å². The number of rotatable bonds is 9. The van der Waals surface area contributed by atoms with E-state index >= 15 is 0 Å². The summed E-state index contributed by atoms with van der Waals surface area (Å²) in [6, 6.07) is 7.07. The molecule has 0 atom stereocenters. The molecular weight excluding hydrogens is 383 g/mol. The van der Waals surface area contributed by atoms with Crippen LogP contribution in [0.1, 0.15) is 40.4 Å². The third-order valence-corrected chi connectivity index (χ3v) is 5.08. The topological polar surface area (TPSA) is 84.5 Å². The van der Waals surface area contributed by atoms with Crippen LogP contribution in [-0.4, -0.2) is 30.9 Å². The third-order valence-electron chi connectivity index (χ3n) is 3.86. The molecule has 150 valence electrons. The monoisotopic (exact) mass is 406 g/mol. The second-order valence-electron chi connectivity index (χ2n) is 6.07. The molecule has 0 bridgehead atoms. The van der Waals surface area contributed by atoms with Gasteiger partial charge in [0, 0.05) is 10.6 Å². The van der Waals surface area contributed by atoms with Gasteiger partial charge in [0.05, 0.1) is 6.54 Å². The first-order valence-corrected chi connectivity index (χ1v) is 9.85. The van der Waals surface area contributed by atoms with E-state index < -0.39 is 30.2 Å². The highest BCUT2D eigenvalue weighted by Gasteiger charge is 2.16. The molecule has 8 heteroatoms. The van der Waals surface area contributed by atoms with Gasteiger partial charge in [-0.15, -0.1) is 11.3 Å². The average Bonchev–Trinajstić information content (AvgIpc) is 3.09. The number of anilines is 1. The molecule has 0 saturated carbocycles. The number of carbonyl (C=O) groups is 3. The molecule has 6 nitrogen and oxygen atoms in total. The number of hydrogen-bond donors (Lipinski definition) is 2. The zero-order valence-corrected chi connectivity index (χ0v) is 16.7. The summed E-state index contributed by atoms with van der Waals surface area (Å²) in [6.45, 7) is 3.35. The summed E-state index contributed by atoms with van der Waals surface area (Å²) in [7, 11) is 0. The molecule has 0 saturated heterocycles. The average molecular weight is 406 g/mol. The van der Waals surface area contributed by atoms with E-state index in [0.717, 1.165) is 24.8 Å². The van der Waals surface area contributed by atoms with Crippen molar-refractivity contribution in [3.05, 3.63) is 51.5 Å². The van der Waals surface area contributed by atoms with Crippen LogP contribution >= 0.6 is 11.3 Å². The smallest absolute Gasteiger partial charge is 0.348 e. The van der Waals surface area contributed by atoms with Gasteiger partial charge in [-0.3, -0.25) is 9.59 Å². The van der Waals surface area contributed by atoms with Crippen LogP contribution < -0.4 is 10.6 Å². The molecule has 2 N–H and O–H groups in total. The van der Waals surface area contributed by atoms with Gasteiger partial charge < -0.3 is 15.4 Å². The number of carbonyl (C=O) groups excluding carboxylic acids is 3. The Kier molecular flexibility index (Phi) is 8.13. The number of nitrogens with one attached hydrogen (secondary N) is 2. The standard InChI is InChI=1S/C20H23FN2O4S/c1-3-5-16-13(4-2)10-17(28-16)20(26)27-12-19(25)22-11-18(24)23-15-8-6-14(21)7-9-15/h6-10H,3-5,11-12H2,1-2H3,(H,22,25)(H,23,24). The largest absolute Gasteiger partial charge is 0.451 e. The van der Waals surface area contributed by atoms with Crippen LogP contribution in [0.15, 0.2) is 30.3 Å². The molecule has 0 aliphatic carbocycles. The van der Waals surface area contributed by atoms with E-state index in [4.69, 9.17) is 4.74 Å². The minimum atomic E-state index is -0.580. The molecular formula is C20H23FN2O4S. The molecule has 1 aromatic heterocycles. The van der Waals surface area contributed by atoms with Crippen molar-refractivity contribution in [2.45, 2.75) is 33.1 Å². The Balaban J connectivity index is 1.76. The normalized spacial score (nSPS) is 10.4. The van der Waals surface area contributed by atoms with Gasteiger partial charge in [0.1, 0.15) is 10.7 Å². The molecule has 1 heterocycles. The molecule has 0 aliphatic heterocycles. The minimum Gasteiger partial charge on any atom is -0.451 e. The fourth-order valence-electron chi connectivity index (χ4n) is 2.48. The number of halogens is 1. The van der Waals surface area contributed by atoms with Crippen LogP contribution in [0.4, 0.5) is 10.1 Å². The molecule has 0 fully saturated rings. The third kappa shape index (κ3) is 6.45. The number of amides is 2. The van der Waals surface area contributed by atoms with Crippen LogP contribution in [0.3, 0.4) is 0 Å². The van der Waals surface area contributed by atoms with E-state index in [1.54, 1.807) is 0 Å². The molecule has 2 rings (SSSR count). The predicted molar refractivity (Wildman–Crippen MR) is 106 cm³/mol. The lowest BCUT2D eigenvalue weighted by Gasteiger charge is -2.07. The van der Waals surface area contributed by atoms with Crippen molar-refractivity contribution in [1.82, 2.24) is 5.32 Å². The van der Waals surface area contributed by atoms with Gasteiger partial charge in [-0.05, 0) is 48.7 Å². The number of benzene rings is 1. The number of aryl methyl sites for hydroxylation is 2. The second kappa shape index (κ2) is 10.6. The van der Waals surface area contributed by atoms with Crippen LogP contribution in [0.5, 0.6) is 0 Å². The summed E-state index contributed by atoms with van der Waals surface area (Å²) in [4.78, 5) is 37.3. The lowest BCUT2D eigenvalue weighted by Crippen LogP contribution is -2.35. The molecule has 2 amide bonds. The first-order chi connectivity index (χ1) is 13.4. The first kappa shape index (κ1) is 21.6. The van der Waals surface area contributed by atoms with Crippen LogP contribution in [0, 0.1) is 5.82 Å². The Morgan fingerprint density at radius 2 is 1.82 bits per heavy atom. The molecule has 1 aromatic carbocycles. The van der Waals surface area contributed by atoms with E-state index in [2.05, 4.69) is 17.6 Å². The van der Waals surface area contributed by atoms with E-state index in [-0.39, 0.29) is 6.54 Å². The summed E-state index contributed by atoms with van der Waals surface area (Å²) in [6.07, 6.45) is 2.73. The van der Waals surface area contributed by atoms with Gasteiger partial charge in [0.25, 0.3) is 5.91 Å². The van der Waals surface area contributed by atoms with Gasteiger partial charge in [-0.1, -0.05) is 20.3 Å². The van der Waals surface area contributed by atoms with E-state index in [1.807, 2.05) is 13.0 Å². The lowest BCUT2D eigenvalue weighted by atomic mass is 10.1. The Bertz CT molecular complexity index is 833. The maximum absolute atomic E-state index is 12.8. The predicted octanol–water partition coefficient (Wildman–Crippen LogP) is 3.31. The SMILES string of the molecule is CCCc1sc(C(=O)OCC(=O)NCC(=O)Nc2ccc(F)cc2)cc1CC. The minimum absolute atomic E-state index is 0.284. The van der Waals surface area contributed by atoms with E-state index in [0.29, 0.717) is 10.6 Å². The van der Waals surface area contributed by atoms with Crippen LogP contribution in [0.25, 0.3) is 0 Å². The lowest BCUT2D eigenvalue weighted by molar-refractivity contribution is -0.126. The Morgan fingerprint density at radius 1 is 1.11 bits per heavy atom. The summed E-state index contributed by atoms with van der Waals surface area (Å²) < 4.78 is 17.9. The number of esters is 1. The number of hydrogen-bond acceptors (Lipinski definition) is 5. The maximum Gasteiger partial charge on any atom is 0.348 e. The van der Waals surface area contributed by atoms with Crippen molar-refractivity contribution in [3.8, 4) is 0 Å². The van der Waals surface area contributed by atoms with Crippen LogP contribution in [-0.2, 0) is 27.2 Å². The fraction of sp³-hybridized carbons (Fsp3) is 0.350. The molecule has 0 spiro atoms. The van der Waals surface area contributed by atoms with Crippen molar-refractivity contribution in [1.29, 1.82) is 0 Å². The zero-order valence-electron chi connectivity index (χ0n) is 15.8. The molecule has 0 unspecified atom stereocenters. The van der Waals surface area contributed by atoms with Crippen LogP contribution in [0.2, 0.25) is 0 Å². The first-order valence-electron chi connectivity index (χ1n) is 9.03. The maximum atomic E-state index is 12.8. The van der Waals surface area contributed by atoms with Crippen molar-refractivity contribution < 1.29 is 23.5 Å². The zero-order chi connectivity index (χ0) is 20.5. The summed E-state index contributed by atoms with van der Waals surface area (Å²) in [5, 5.41) is 4.89. The molecule has 2 aromatic rings. The highest BCUT2D eigenvalue weighted by Crippen LogP contribution is 2.25. The molecule has 28 heavy (non-hydrogen) atoms. The highest BCUT2D eigenvalue weighted by atomic mass is 32.1. The fourth-order valence-corrected chi connectivity index (χ4v) is 3.72. The van der Waals surface area contributed by atoms with Crippen molar-refractivity contribution in [3.63, 3.8) is 0 Å².